The van der Waals surface area contributed by atoms with E-state index in [9.17, 15) is 4.39 Å². The second-order valence-corrected chi connectivity index (χ2v) is 3.12. The van der Waals surface area contributed by atoms with Gasteiger partial charge in [-0.3, -0.25) is 0 Å². The molecular weight excluding hydrogens is 147 g/mol. The minimum Gasteiger partial charge on any atom is -0.195 e. The van der Waals surface area contributed by atoms with Gasteiger partial charge >= 0.3 is 0 Å². The highest BCUT2D eigenvalue weighted by Gasteiger charge is 2.01. The lowest BCUT2D eigenvalue weighted by Gasteiger charge is -1.94. The highest BCUT2D eigenvalue weighted by atomic mass is 32.1. The van der Waals surface area contributed by atoms with E-state index in [0.29, 0.717) is 0 Å². The predicted octanol–water partition coefficient (Wildman–Crippen LogP) is 2.99. The van der Waals surface area contributed by atoms with E-state index in [1.807, 2.05) is 18.2 Å². The van der Waals surface area contributed by atoms with E-state index >= 15 is 0 Å². The molecule has 0 aromatic heterocycles. The zero-order valence-corrected chi connectivity index (χ0v) is 5.99. The third-order valence-corrected chi connectivity index (χ3v) is 2.33. The summed E-state index contributed by atoms with van der Waals surface area (Å²) in [7, 11) is 0. The number of fused-ring (bicyclic) bond motifs is 1. The first-order valence-corrected chi connectivity index (χ1v) is 3.82. The first kappa shape index (κ1) is 5.86. The van der Waals surface area contributed by atoms with Crippen LogP contribution in [-0.4, -0.2) is 0 Å². The SMILES string of the molecule is Fc1ccc2cccc-2s1. The van der Waals surface area contributed by atoms with Crippen LogP contribution in [0.15, 0.2) is 30.3 Å². The Balaban J connectivity index is 2.75. The summed E-state index contributed by atoms with van der Waals surface area (Å²) in [5, 5.41) is -0.126. The molecule has 0 radical (unpaired) electrons. The molecule has 1 heterocycles. The molecule has 0 bridgehead atoms. The lowest BCUT2D eigenvalue weighted by atomic mass is 10.3. The van der Waals surface area contributed by atoms with Crippen molar-refractivity contribution in [3.63, 3.8) is 0 Å². The van der Waals surface area contributed by atoms with Gasteiger partial charge in [-0.05, 0) is 23.8 Å². The molecule has 0 amide bonds. The van der Waals surface area contributed by atoms with Gasteiger partial charge in [0.05, 0.1) is 0 Å². The minimum atomic E-state index is -0.126. The Labute approximate surface area is 62.3 Å². The highest BCUT2D eigenvalue weighted by Crippen LogP contribution is 2.28. The van der Waals surface area contributed by atoms with Gasteiger partial charge in [0, 0.05) is 4.88 Å². The van der Waals surface area contributed by atoms with Gasteiger partial charge in [-0.25, -0.2) is 0 Å². The summed E-state index contributed by atoms with van der Waals surface area (Å²) in [4.78, 5) is 1.01. The standard InChI is InChI=1S/C8H5FS/c9-8-5-4-6-2-1-3-7(6)10-8/h1-5H. The molecule has 10 heavy (non-hydrogen) atoms. The number of rotatable bonds is 0. The van der Waals surface area contributed by atoms with E-state index in [1.54, 1.807) is 6.07 Å². The normalized spacial score (nSPS) is 10.5. The molecule has 0 saturated heterocycles. The first-order chi connectivity index (χ1) is 4.86. The van der Waals surface area contributed by atoms with Crippen molar-refractivity contribution in [2.24, 2.45) is 0 Å². The molecule has 1 aliphatic heterocycles. The largest absolute Gasteiger partial charge is 0.195 e. The molecule has 0 N–H and O–H groups in total. The molecule has 0 aromatic carbocycles. The quantitative estimate of drug-likeness (QED) is 0.544. The van der Waals surface area contributed by atoms with Gasteiger partial charge in [-0.2, -0.15) is 4.39 Å². The maximum Gasteiger partial charge on any atom is 0.176 e. The molecule has 0 saturated carbocycles. The molecule has 2 rings (SSSR count). The fourth-order valence-corrected chi connectivity index (χ4v) is 1.69. The highest BCUT2D eigenvalue weighted by molar-refractivity contribution is 7.13. The van der Waals surface area contributed by atoms with E-state index in [4.69, 9.17) is 0 Å². The molecule has 0 fully saturated rings. The van der Waals surface area contributed by atoms with Gasteiger partial charge in [-0.15, -0.1) is 11.3 Å². The van der Waals surface area contributed by atoms with Crippen molar-refractivity contribution >= 4 is 11.3 Å². The first-order valence-electron chi connectivity index (χ1n) is 3.00. The maximum absolute atomic E-state index is 12.5. The summed E-state index contributed by atoms with van der Waals surface area (Å²) in [5.41, 5.74) is 1.12. The third kappa shape index (κ3) is 0.809. The third-order valence-electron chi connectivity index (χ3n) is 1.41. The van der Waals surface area contributed by atoms with Crippen molar-refractivity contribution in [3.05, 3.63) is 35.5 Å². The number of hydrogen-bond donors (Lipinski definition) is 0. The van der Waals surface area contributed by atoms with Crippen molar-refractivity contribution in [2.75, 3.05) is 0 Å². The average molecular weight is 152 g/mol. The topological polar surface area (TPSA) is 0 Å². The average Bonchev–Trinajstić information content (AvgIpc) is 2.33. The fraction of sp³-hybridized carbons (Fsp3) is 0. The molecule has 0 nitrogen and oxygen atoms in total. The monoisotopic (exact) mass is 152 g/mol. The lowest BCUT2D eigenvalue weighted by molar-refractivity contribution is 0.656. The molecule has 0 spiro atoms. The zero-order valence-electron chi connectivity index (χ0n) is 5.17. The summed E-state index contributed by atoms with van der Waals surface area (Å²) >= 11 is 1.18. The minimum absolute atomic E-state index is 0.126. The van der Waals surface area contributed by atoms with Gasteiger partial charge in [0.25, 0.3) is 0 Å². The van der Waals surface area contributed by atoms with Crippen LogP contribution in [0.5, 0.6) is 0 Å². The van der Waals surface area contributed by atoms with Crippen LogP contribution in [-0.2, 0) is 0 Å². The second-order valence-electron chi connectivity index (χ2n) is 2.08. The smallest absolute Gasteiger partial charge is 0.176 e. The summed E-state index contributed by atoms with van der Waals surface area (Å²) in [5.74, 6) is 0. The van der Waals surface area contributed by atoms with Gasteiger partial charge in [0.1, 0.15) is 0 Å². The van der Waals surface area contributed by atoms with Crippen molar-refractivity contribution in [1.29, 1.82) is 0 Å². The van der Waals surface area contributed by atoms with Crippen LogP contribution in [0.1, 0.15) is 0 Å². The molecule has 50 valence electrons. The van der Waals surface area contributed by atoms with Gasteiger partial charge in [0.2, 0.25) is 0 Å². The van der Waals surface area contributed by atoms with Crippen LogP contribution in [0, 0.1) is 5.13 Å². The van der Waals surface area contributed by atoms with Crippen LogP contribution in [0.3, 0.4) is 0 Å². The van der Waals surface area contributed by atoms with Crippen LogP contribution < -0.4 is 0 Å². The van der Waals surface area contributed by atoms with E-state index in [1.165, 1.54) is 17.4 Å². The Hall–Kier alpha value is -0.890. The Bertz CT molecular complexity index is 313. The van der Waals surface area contributed by atoms with Gasteiger partial charge < -0.3 is 0 Å². The van der Waals surface area contributed by atoms with Crippen LogP contribution >= 0.6 is 11.3 Å². The van der Waals surface area contributed by atoms with Crippen molar-refractivity contribution in [1.82, 2.24) is 0 Å². The Morgan fingerprint density at radius 2 is 2.00 bits per heavy atom. The predicted molar refractivity (Wildman–Crippen MR) is 40.9 cm³/mol. The molecule has 0 aromatic rings. The fourth-order valence-electron chi connectivity index (χ4n) is 0.943. The van der Waals surface area contributed by atoms with E-state index in [0.717, 1.165) is 10.4 Å². The summed E-state index contributed by atoms with van der Waals surface area (Å²) in [6.07, 6.45) is 0. The van der Waals surface area contributed by atoms with Crippen molar-refractivity contribution in [2.45, 2.75) is 0 Å². The summed E-state index contributed by atoms with van der Waals surface area (Å²) in [6, 6.07) is 9.11. The van der Waals surface area contributed by atoms with E-state index < -0.39 is 0 Å². The molecule has 2 heteroatoms. The molecular formula is C8H5FS. The van der Waals surface area contributed by atoms with Crippen LogP contribution in [0.2, 0.25) is 0 Å². The molecule has 0 unspecified atom stereocenters. The number of hydrogen-bond acceptors (Lipinski definition) is 1. The van der Waals surface area contributed by atoms with Crippen molar-refractivity contribution < 1.29 is 4.39 Å². The molecule has 0 atom stereocenters. The Morgan fingerprint density at radius 3 is 2.90 bits per heavy atom. The van der Waals surface area contributed by atoms with Gasteiger partial charge in [-0.1, -0.05) is 12.1 Å². The van der Waals surface area contributed by atoms with E-state index in [2.05, 4.69) is 0 Å². The summed E-state index contributed by atoms with van der Waals surface area (Å²) in [6.45, 7) is 0. The molecule has 2 aliphatic rings. The maximum atomic E-state index is 12.5. The van der Waals surface area contributed by atoms with Crippen LogP contribution in [0.25, 0.3) is 10.4 Å². The van der Waals surface area contributed by atoms with E-state index in [-0.39, 0.29) is 5.13 Å². The van der Waals surface area contributed by atoms with Crippen LogP contribution in [0.4, 0.5) is 4.39 Å². The second kappa shape index (κ2) is 2.06. The van der Waals surface area contributed by atoms with Gasteiger partial charge in [0.15, 0.2) is 5.13 Å². The van der Waals surface area contributed by atoms with Crippen molar-refractivity contribution in [3.8, 4) is 10.4 Å². The summed E-state index contributed by atoms with van der Waals surface area (Å²) < 4.78 is 12.5. The molecule has 1 aliphatic carbocycles. The lowest BCUT2D eigenvalue weighted by Crippen LogP contribution is -1.69. The number of halogens is 1. The Kier molecular flexibility index (Phi) is 1.21. The zero-order chi connectivity index (χ0) is 6.97. The Morgan fingerprint density at radius 1 is 1.10 bits per heavy atom.